The number of hydrogen-bond acceptors (Lipinski definition) is 6. The van der Waals surface area contributed by atoms with Crippen molar-refractivity contribution in [1.29, 1.82) is 0 Å². The molecular formula is C26H17ClF5N3O5. The third-order valence-electron chi connectivity index (χ3n) is 5.63. The number of nitrogens with zero attached hydrogens (tertiary/aromatic N) is 3. The van der Waals surface area contributed by atoms with Crippen molar-refractivity contribution in [1.82, 2.24) is 0 Å². The topological polar surface area (TPSA) is 94.3 Å². The van der Waals surface area contributed by atoms with Crippen LogP contribution in [0.25, 0.3) is 6.08 Å². The van der Waals surface area contributed by atoms with Gasteiger partial charge in [-0.05, 0) is 55.3 Å². The van der Waals surface area contributed by atoms with Crippen LogP contribution in [0.1, 0.15) is 25.0 Å². The van der Waals surface area contributed by atoms with Crippen LogP contribution in [0.3, 0.4) is 0 Å². The van der Waals surface area contributed by atoms with Gasteiger partial charge in [0.05, 0.1) is 27.8 Å². The summed E-state index contributed by atoms with van der Waals surface area (Å²) in [7, 11) is 0. The minimum absolute atomic E-state index is 0.0145. The van der Waals surface area contributed by atoms with Crippen molar-refractivity contribution in [2.24, 2.45) is 5.10 Å². The molecule has 0 bridgehead atoms. The first-order valence-corrected chi connectivity index (χ1v) is 11.8. The van der Waals surface area contributed by atoms with Gasteiger partial charge >= 0.3 is 0 Å². The fourth-order valence-electron chi connectivity index (χ4n) is 3.73. The lowest BCUT2D eigenvalue weighted by molar-refractivity contribution is -0.384. The number of rotatable bonds is 8. The molecule has 3 aromatic rings. The summed E-state index contributed by atoms with van der Waals surface area (Å²) in [6, 6.07) is 8.50. The molecule has 0 spiro atoms. The van der Waals surface area contributed by atoms with E-state index < -0.39 is 45.6 Å². The maximum atomic E-state index is 14.3. The van der Waals surface area contributed by atoms with E-state index in [1.54, 1.807) is 6.92 Å². The lowest BCUT2D eigenvalue weighted by Gasteiger charge is -2.15. The second-order valence-corrected chi connectivity index (χ2v) is 8.66. The molecule has 0 saturated heterocycles. The molecule has 0 aliphatic carbocycles. The van der Waals surface area contributed by atoms with Crippen molar-refractivity contribution in [2.45, 2.75) is 20.5 Å². The zero-order chi connectivity index (χ0) is 29.3. The molecule has 1 heterocycles. The van der Waals surface area contributed by atoms with Crippen LogP contribution >= 0.6 is 11.6 Å². The van der Waals surface area contributed by atoms with E-state index in [0.29, 0.717) is 5.56 Å². The number of benzene rings is 3. The van der Waals surface area contributed by atoms with Gasteiger partial charge in [0.2, 0.25) is 5.82 Å². The molecular weight excluding hydrogens is 565 g/mol. The lowest BCUT2D eigenvalue weighted by atomic mass is 10.1. The molecule has 208 valence electrons. The van der Waals surface area contributed by atoms with Gasteiger partial charge in [-0.3, -0.25) is 14.9 Å². The number of nitro benzene ring substituents is 1. The number of amides is 1. The second kappa shape index (κ2) is 11.3. The van der Waals surface area contributed by atoms with Crippen LogP contribution in [0.4, 0.5) is 33.3 Å². The summed E-state index contributed by atoms with van der Waals surface area (Å²) in [4.78, 5) is 23.3. The van der Waals surface area contributed by atoms with E-state index in [9.17, 15) is 36.9 Å². The summed E-state index contributed by atoms with van der Waals surface area (Å²) in [6.07, 6.45) is 1.25. The fraction of sp³-hybridized carbons (Fsp3) is 0.154. The normalized spacial score (nSPS) is 14.1. The molecule has 1 aliphatic heterocycles. The minimum atomic E-state index is -2.36. The van der Waals surface area contributed by atoms with Gasteiger partial charge in [-0.2, -0.15) is 10.1 Å². The molecule has 4 rings (SSSR count). The highest BCUT2D eigenvalue weighted by Crippen LogP contribution is 2.39. The minimum Gasteiger partial charge on any atom is -0.490 e. The van der Waals surface area contributed by atoms with Gasteiger partial charge in [0, 0.05) is 12.1 Å². The number of carbonyl (C=O) groups excluding carboxylic acids is 1. The average molecular weight is 582 g/mol. The molecule has 1 amide bonds. The van der Waals surface area contributed by atoms with Gasteiger partial charge in [-0.1, -0.05) is 11.6 Å². The maximum absolute atomic E-state index is 14.3. The summed E-state index contributed by atoms with van der Waals surface area (Å²) < 4.78 is 80.9. The third-order valence-corrected chi connectivity index (χ3v) is 5.91. The van der Waals surface area contributed by atoms with Crippen LogP contribution in [-0.2, 0) is 11.4 Å². The summed E-state index contributed by atoms with van der Waals surface area (Å²) >= 11 is 6.41. The van der Waals surface area contributed by atoms with E-state index in [0.717, 1.165) is 0 Å². The van der Waals surface area contributed by atoms with Crippen molar-refractivity contribution < 1.29 is 41.1 Å². The standard InChI is InChI=1S/C26H17ClF5N3O5/c1-3-39-18-10-14(9-17(27)25(18)40-11-13-4-6-15(7-5-13)35(37)38)8-16-12(2)33-34(26(16)36)24-22(31)20(29)19(28)21(30)23(24)32/h4-10H,3,11H2,1-2H3/b16-8+. The number of halogens is 6. The Morgan fingerprint density at radius 2 is 1.60 bits per heavy atom. The molecule has 0 unspecified atom stereocenters. The molecule has 40 heavy (non-hydrogen) atoms. The van der Waals surface area contributed by atoms with E-state index in [-0.39, 0.29) is 57.3 Å². The van der Waals surface area contributed by atoms with Crippen LogP contribution in [0.15, 0.2) is 47.1 Å². The van der Waals surface area contributed by atoms with Crippen molar-refractivity contribution in [3.8, 4) is 11.5 Å². The van der Waals surface area contributed by atoms with Gasteiger partial charge < -0.3 is 9.47 Å². The summed E-state index contributed by atoms with van der Waals surface area (Å²) in [5.74, 6) is -12.1. The van der Waals surface area contributed by atoms with Gasteiger partial charge in [0.1, 0.15) is 12.3 Å². The summed E-state index contributed by atoms with van der Waals surface area (Å²) in [6.45, 7) is 3.18. The number of ether oxygens (including phenoxy) is 2. The molecule has 8 nitrogen and oxygen atoms in total. The number of non-ortho nitro benzene ring substituents is 1. The van der Waals surface area contributed by atoms with Crippen LogP contribution in [0.2, 0.25) is 5.02 Å². The molecule has 0 N–H and O–H groups in total. The van der Waals surface area contributed by atoms with Crippen molar-refractivity contribution >= 4 is 40.7 Å². The molecule has 3 aromatic carbocycles. The highest BCUT2D eigenvalue weighted by Gasteiger charge is 2.37. The van der Waals surface area contributed by atoms with Crippen molar-refractivity contribution in [3.63, 3.8) is 0 Å². The number of anilines is 1. The Morgan fingerprint density at radius 1 is 1.00 bits per heavy atom. The Kier molecular flexibility index (Phi) is 8.05. The van der Waals surface area contributed by atoms with Gasteiger partial charge in [-0.15, -0.1) is 0 Å². The zero-order valence-corrected chi connectivity index (χ0v) is 21.4. The summed E-state index contributed by atoms with van der Waals surface area (Å²) in [5.41, 5.74) is -0.996. The molecule has 0 radical (unpaired) electrons. The number of hydrazone groups is 1. The maximum Gasteiger partial charge on any atom is 0.280 e. The number of hydrogen-bond donors (Lipinski definition) is 0. The van der Waals surface area contributed by atoms with E-state index in [1.165, 1.54) is 49.4 Å². The zero-order valence-electron chi connectivity index (χ0n) is 20.6. The van der Waals surface area contributed by atoms with Crippen LogP contribution < -0.4 is 14.5 Å². The van der Waals surface area contributed by atoms with Crippen LogP contribution in [0.5, 0.6) is 11.5 Å². The van der Waals surface area contributed by atoms with E-state index in [1.807, 2.05) is 0 Å². The highest BCUT2D eigenvalue weighted by atomic mass is 35.5. The molecule has 0 atom stereocenters. The lowest BCUT2D eigenvalue weighted by Crippen LogP contribution is -2.25. The quantitative estimate of drug-likeness (QED) is 0.0734. The van der Waals surface area contributed by atoms with Gasteiger partial charge in [0.25, 0.3) is 11.6 Å². The Hall–Kier alpha value is -4.52. The van der Waals surface area contributed by atoms with E-state index in [2.05, 4.69) is 5.10 Å². The fourth-order valence-corrected chi connectivity index (χ4v) is 4.00. The SMILES string of the molecule is CCOc1cc(/C=C2/C(=O)N(c3c(F)c(F)c(F)c(F)c3F)N=C2C)cc(Cl)c1OCc1ccc([N+](=O)[O-])cc1. The predicted molar refractivity (Wildman–Crippen MR) is 135 cm³/mol. The van der Waals surface area contributed by atoms with Crippen LogP contribution in [0, 0.1) is 39.2 Å². The predicted octanol–water partition coefficient (Wildman–Crippen LogP) is 6.73. The average Bonchev–Trinajstić information content (AvgIpc) is 3.19. The monoisotopic (exact) mass is 581 g/mol. The number of nitro groups is 1. The summed E-state index contributed by atoms with van der Waals surface area (Å²) in [5, 5.41) is 14.7. The van der Waals surface area contributed by atoms with Crippen LogP contribution in [-0.4, -0.2) is 23.1 Å². The van der Waals surface area contributed by atoms with Crippen molar-refractivity contribution in [3.05, 3.63) is 97.3 Å². The first kappa shape index (κ1) is 28.5. The first-order valence-electron chi connectivity index (χ1n) is 11.4. The van der Waals surface area contributed by atoms with E-state index in [4.69, 9.17) is 21.1 Å². The molecule has 0 aromatic heterocycles. The second-order valence-electron chi connectivity index (χ2n) is 8.25. The van der Waals surface area contributed by atoms with E-state index >= 15 is 0 Å². The Balaban J connectivity index is 1.64. The molecule has 14 heteroatoms. The Bertz CT molecular complexity index is 1570. The smallest absolute Gasteiger partial charge is 0.280 e. The Labute approximate surface area is 228 Å². The molecule has 0 saturated carbocycles. The largest absolute Gasteiger partial charge is 0.490 e. The first-order chi connectivity index (χ1) is 18.9. The Morgan fingerprint density at radius 3 is 2.17 bits per heavy atom. The highest BCUT2D eigenvalue weighted by molar-refractivity contribution is 6.33. The van der Waals surface area contributed by atoms with Crippen molar-refractivity contribution in [2.75, 3.05) is 11.6 Å². The number of carbonyl (C=O) groups is 1. The van der Waals surface area contributed by atoms with Gasteiger partial charge in [-0.25, -0.2) is 22.0 Å². The third kappa shape index (κ3) is 5.32. The molecule has 1 aliphatic rings. The van der Waals surface area contributed by atoms with Gasteiger partial charge in [0.15, 0.2) is 34.8 Å². The molecule has 0 fully saturated rings.